The maximum absolute atomic E-state index is 12.4. The van der Waals surface area contributed by atoms with Crippen LogP contribution >= 0.6 is 0 Å². The maximum atomic E-state index is 12.4. The van der Waals surface area contributed by atoms with Gasteiger partial charge in [-0.2, -0.15) is 13.2 Å². The second kappa shape index (κ2) is 6.43. The van der Waals surface area contributed by atoms with Crippen LogP contribution in [0.2, 0.25) is 0 Å². The van der Waals surface area contributed by atoms with E-state index < -0.39 is 36.2 Å². The molecular weight excluding hydrogens is 289 g/mol. The van der Waals surface area contributed by atoms with Crippen LogP contribution in [-0.2, 0) is 20.5 Å². The molecule has 1 rings (SSSR count). The van der Waals surface area contributed by atoms with E-state index >= 15 is 0 Å². The van der Waals surface area contributed by atoms with E-state index in [2.05, 4.69) is 6.58 Å². The molecule has 0 aromatic heterocycles. The van der Waals surface area contributed by atoms with Crippen molar-refractivity contribution in [2.45, 2.75) is 25.6 Å². The molecule has 1 unspecified atom stereocenters. The molecule has 0 saturated carbocycles. The summed E-state index contributed by atoms with van der Waals surface area (Å²) in [4.78, 5) is 21.9. The van der Waals surface area contributed by atoms with Gasteiger partial charge < -0.3 is 9.84 Å². The van der Waals surface area contributed by atoms with Gasteiger partial charge in [0.2, 0.25) is 0 Å². The van der Waals surface area contributed by atoms with Crippen molar-refractivity contribution < 1.29 is 32.6 Å². The molecule has 7 heteroatoms. The molecule has 0 fully saturated rings. The summed E-state index contributed by atoms with van der Waals surface area (Å²) in [6.45, 7) is 4.75. The maximum Gasteiger partial charge on any atom is 0.416 e. The molecule has 0 bridgehead atoms. The van der Waals surface area contributed by atoms with Crippen molar-refractivity contribution in [3.8, 4) is 0 Å². The first kappa shape index (κ1) is 16.7. The van der Waals surface area contributed by atoms with Crippen molar-refractivity contribution in [3.05, 3.63) is 47.5 Å². The summed E-state index contributed by atoms with van der Waals surface area (Å²) in [5, 5.41) is 8.52. The highest BCUT2D eigenvalue weighted by molar-refractivity contribution is 5.92. The van der Waals surface area contributed by atoms with Crippen molar-refractivity contribution in [2.75, 3.05) is 0 Å². The number of ether oxygens (including phenoxy) is 1. The van der Waals surface area contributed by atoms with Gasteiger partial charge in [0.1, 0.15) is 6.10 Å². The molecule has 0 spiro atoms. The first-order chi connectivity index (χ1) is 9.61. The number of halogens is 3. The fourth-order valence-corrected chi connectivity index (χ4v) is 1.51. The predicted molar refractivity (Wildman–Crippen MR) is 67.3 cm³/mol. The highest BCUT2D eigenvalue weighted by Gasteiger charge is 2.30. The Balaban J connectivity index is 2.72. The summed E-state index contributed by atoms with van der Waals surface area (Å²) < 4.78 is 42.2. The average Bonchev–Trinajstić information content (AvgIpc) is 2.36. The van der Waals surface area contributed by atoms with Gasteiger partial charge in [-0.1, -0.05) is 18.7 Å². The lowest BCUT2D eigenvalue weighted by Crippen LogP contribution is -2.13. The van der Waals surface area contributed by atoms with Crippen LogP contribution in [0.1, 0.15) is 30.6 Å². The van der Waals surface area contributed by atoms with E-state index in [0.717, 1.165) is 12.1 Å². The van der Waals surface area contributed by atoms with Gasteiger partial charge in [0.25, 0.3) is 0 Å². The number of hydrogen-bond acceptors (Lipinski definition) is 3. The van der Waals surface area contributed by atoms with Crippen LogP contribution in [0.15, 0.2) is 36.4 Å². The summed E-state index contributed by atoms with van der Waals surface area (Å²) >= 11 is 0. The molecule has 1 atom stereocenters. The summed E-state index contributed by atoms with van der Waals surface area (Å²) in [7, 11) is 0. The van der Waals surface area contributed by atoms with Gasteiger partial charge in [-0.15, -0.1) is 0 Å². The van der Waals surface area contributed by atoms with Crippen LogP contribution in [0.4, 0.5) is 13.2 Å². The minimum absolute atomic E-state index is 0.235. The van der Waals surface area contributed by atoms with Crippen LogP contribution < -0.4 is 0 Å². The molecule has 0 aliphatic carbocycles. The van der Waals surface area contributed by atoms with E-state index in [1.165, 1.54) is 19.1 Å². The number of carbonyl (C=O) groups is 2. The molecule has 0 amide bonds. The standard InChI is InChI=1S/C14H13F3O4/c1-8(7-12(18)19)13(20)21-9(2)10-3-5-11(6-4-10)14(15,16)17/h3-6,9H,1,7H2,2H3,(H,18,19). The van der Waals surface area contributed by atoms with Gasteiger partial charge in [0.15, 0.2) is 0 Å². The summed E-state index contributed by atoms with van der Waals surface area (Å²) in [5.41, 5.74) is -0.680. The zero-order chi connectivity index (χ0) is 16.2. The van der Waals surface area contributed by atoms with Gasteiger partial charge in [0.05, 0.1) is 12.0 Å². The highest BCUT2D eigenvalue weighted by atomic mass is 19.4. The second-order valence-corrected chi connectivity index (χ2v) is 4.34. The first-order valence-corrected chi connectivity index (χ1v) is 5.89. The van der Waals surface area contributed by atoms with Crippen molar-refractivity contribution in [3.63, 3.8) is 0 Å². The SMILES string of the molecule is C=C(CC(=O)O)C(=O)OC(C)c1ccc(C(F)(F)F)cc1. The van der Waals surface area contributed by atoms with E-state index in [1.807, 2.05) is 0 Å². The first-order valence-electron chi connectivity index (χ1n) is 5.89. The minimum Gasteiger partial charge on any atom is -0.481 e. The molecule has 0 saturated heterocycles. The van der Waals surface area contributed by atoms with Crippen LogP contribution in [0.5, 0.6) is 0 Å². The van der Waals surface area contributed by atoms with E-state index in [0.29, 0.717) is 5.56 Å². The molecule has 1 aromatic carbocycles. The molecule has 1 aromatic rings. The van der Waals surface area contributed by atoms with E-state index in [-0.39, 0.29) is 5.57 Å². The van der Waals surface area contributed by atoms with Gasteiger partial charge in [0, 0.05) is 5.57 Å². The Morgan fingerprint density at radius 2 is 1.81 bits per heavy atom. The Morgan fingerprint density at radius 1 is 1.29 bits per heavy atom. The number of aliphatic carboxylic acids is 1. The normalized spacial score (nSPS) is 12.6. The number of rotatable bonds is 5. The van der Waals surface area contributed by atoms with E-state index in [4.69, 9.17) is 9.84 Å². The Bertz CT molecular complexity index is 546. The Kier molecular flexibility index (Phi) is 5.12. The average molecular weight is 302 g/mol. The molecule has 0 heterocycles. The zero-order valence-electron chi connectivity index (χ0n) is 11.1. The molecule has 4 nitrogen and oxygen atoms in total. The molecule has 0 radical (unpaired) electrons. The van der Waals surface area contributed by atoms with Gasteiger partial charge in [-0.3, -0.25) is 4.79 Å². The number of carboxylic acid groups (broad SMARTS) is 1. The Hall–Kier alpha value is -2.31. The molecule has 0 aliphatic heterocycles. The van der Waals surface area contributed by atoms with Crippen molar-refractivity contribution in [1.29, 1.82) is 0 Å². The lowest BCUT2D eigenvalue weighted by Gasteiger charge is -2.15. The van der Waals surface area contributed by atoms with E-state index in [9.17, 15) is 22.8 Å². The van der Waals surface area contributed by atoms with Gasteiger partial charge >= 0.3 is 18.1 Å². The highest BCUT2D eigenvalue weighted by Crippen LogP contribution is 2.30. The Morgan fingerprint density at radius 3 is 2.24 bits per heavy atom. The molecule has 114 valence electrons. The number of esters is 1. The third-order valence-corrected chi connectivity index (χ3v) is 2.64. The zero-order valence-corrected chi connectivity index (χ0v) is 11.1. The third kappa shape index (κ3) is 4.94. The number of carboxylic acids is 1. The second-order valence-electron chi connectivity index (χ2n) is 4.34. The third-order valence-electron chi connectivity index (χ3n) is 2.64. The molecule has 1 N–H and O–H groups in total. The number of carbonyl (C=O) groups excluding carboxylic acids is 1. The van der Waals surface area contributed by atoms with Gasteiger partial charge in [-0.25, -0.2) is 4.79 Å². The molecular formula is C14H13F3O4. The largest absolute Gasteiger partial charge is 0.481 e. The molecule has 0 aliphatic rings. The predicted octanol–water partition coefficient (Wildman–Crippen LogP) is 3.34. The van der Waals surface area contributed by atoms with Crippen molar-refractivity contribution in [2.24, 2.45) is 0 Å². The van der Waals surface area contributed by atoms with Crippen molar-refractivity contribution >= 4 is 11.9 Å². The summed E-state index contributed by atoms with van der Waals surface area (Å²) in [5.74, 6) is -2.12. The topological polar surface area (TPSA) is 63.6 Å². The molecule has 21 heavy (non-hydrogen) atoms. The number of alkyl halides is 3. The van der Waals surface area contributed by atoms with E-state index in [1.54, 1.807) is 0 Å². The monoisotopic (exact) mass is 302 g/mol. The lowest BCUT2D eigenvalue weighted by atomic mass is 10.1. The van der Waals surface area contributed by atoms with Crippen LogP contribution in [0.3, 0.4) is 0 Å². The number of benzene rings is 1. The number of hydrogen-bond donors (Lipinski definition) is 1. The quantitative estimate of drug-likeness (QED) is 0.669. The Labute approximate surface area is 118 Å². The van der Waals surface area contributed by atoms with Crippen LogP contribution in [0, 0.1) is 0 Å². The van der Waals surface area contributed by atoms with Crippen molar-refractivity contribution in [1.82, 2.24) is 0 Å². The fraction of sp³-hybridized carbons (Fsp3) is 0.286. The smallest absolute Gasteiger partial charge is 0.416 e. The fourth-order valence-electron chi connectivity index (χ4n) is 1.51. The summed E-state index contributed by atoms with van der Waals surface area (Å²) in [6, 6.07) is 4.15. The summed E-state index contributed by atoms with van der Waals surface area (Å²) in [6.07, 6.45) is -5.81. The minimum atomic E-state index is -4.44. The lowest BCUT2D eigenvalue weighted by molar-refractivity contribution is -0.146. The van der Waals surface area contributed by atoms with Crippen LogP contribution in [0.25, 0.3) is 0 Å². The van der Waals surface area contributed by atoms with Crippen LogP contribution in [-0.4, -0.2) is 17.0 Å². The van der Waals surface area contributed by atoms with Gasteiger partial charge in [-0.05, 0) is 24.6 Å².